The summed E-state index contributed by atoms with van der Waals surface area (Å²) in [6.07, 6.45) is 5.06. The number of hydrogen-bond acceptors (Lipinski definition) is 5. The van der Waals surface area contributed by atoms with Crippen LogP contribution in [-0.2, 0) is 20.7 Å². The molecule has 0 bridgehead atoms. The second-order valence-electron chi connectivity index (χ2n) is 6.06. The van der Waals surface area contributed by atoms with Crippen molar-refractivity contribution in [1.82, 2.24) is 10.6 Å². The lowest BCUT2D eigenvalue weighted by Gasteiger charge is -2.23. The van der Waals surface area contributed by atoms with Crippen molar-refractivity contribution in [3.05, 3.63) is 22.4 Å². The number of imide groups is 1. The molecule has 0 aliphatic heterocycles. The largest absolute Gasteiger partial charge is 0.453 e. The SMILES string of the molecule is C[C@@H](OC(=O)CCc1ccsc1)C(=O)NC(=O)NC1CCCCC1. The predicted octanol–water partition coefficient (Wildman–Crippen LogP) is 2.77. The lowest BCUT2D eigenvalue weighted by molar-refractivity contribution is -0.154. The summed E-state index contributed by atoms with van der Waals surface area (Å²) in [5.74, 6) is -1.05. The molecule has 1 aromatic rings. The molecule has 1 atom stereocenters. The summed E-state index contributed by atoms with van der Waals surface area (Å²) in [7, 11) is 0. The molecule has 24 heavy (non-hydrogen) atoms. The van der Waals surface area contributed by atoms with E-state index in [1.54, 1.807) is 11.3 Å². The van der Waals surface area contributed by atoms with Gasteiger partial charge in [0.2, 0.25) is 0 Å². The number of rotatable bonds is 6. The van der Waals surface area contributed by atoms with Gasteiger partial charge in [-0.15, -0.1) is 0 Å². The summed E-state index contributed by atoms with van der Waals surface area (Å²) in [6, 6.07) is 1.55. The van der Waals surface area contributed by atoms with E-state index >= 15 is 0 Å². The van der Waals surface area contributed by atoms with E-state index in [2.05, 4.69) is 10.6 Å². The average molecular weight is 352 g/mol. The Balaban J connectivity index is 1.66. The molecule has 132 valence electrons. The highest BCUT2D eigenvalue weighted by molar-refractivity contribution is 7.07. The second-order valence-corrected chi connectivity index (χ2v) is 6.84. The minimum atomic E-state index is -0.989. The summed E-state index contributed by atoms with van der Waals surface area (Å²) >= 11 is 1.57. The van der Waals surface area contributed by atoms with Crippen LogP contribution in [0.5, 0.6) is 0 Å². The van der Waals surface area contributed by atoms with Gasteiger partial charge in [-0.1, -0.05) is 19.3 Å². The third-order valence-electron chi connectivity index (χ3n) is 4.05. The molecule has 0 saturated heterocycles. The minimum Gasteiger partial charge on any atom is -0.453 e. The van der Waals surface area contributed by atoms with Crippen molar-refractivity contribution in [2.45, 2.75) is 64.0 Å². The van der Waals surface area contributed by atoms with Crippen molar-refractivity contribution in [1.29, 1.82) is 0 Å². The van der Waals surface area contributed by atoms with Crippen molar-refractivity contribution >= 4 is 29.2 Å². The topological polar surface area (TPSA) is 84.5 Å². The molecule has 0 aromatic carbocycles. The molecule has 1 aliphatic carbocycles. The fourth-order valence-electron chi connectivity index (χ4n) is 2.67. The predicted molar refractivity (Wildman–Crippen MR) is 91.7 cm³/mol. The molecule has 3 amide bonds. The number of ether oxygens (including phenoxy) is 1. The van der Waals surface area contributed by atoms with E-state index in [0.717, 1.165) is 31.2 Å². The van der Waals surface area contributed by atoms with Crippen LogP contribution in [0, 0.1) is 0 Å². The Hall–Kier alpha value is -1.89. The standard InChI is InChI=1S/C17H24N2O4S/c1-12(23-15(20)8-7-13-9-10-24-11-13)16(21)19-17(22)18-14-5-3-2-4-6-14/h9-12,14H,2-8H2,1H3,(H2,18,19,21,22)/t12-/m1/s1. The van der Waals surface area contributed by atoms with Crippen LogP contribution in [0.15, 0.2) is 16.8 Å². The average Bonchev–Trinajstić information content (AvgIpc) is 3.07. The van der Waals surface area contributed by atoms with E-state index in [0.29, 0.717) is 6.42 Å². The Labute approximate surface area is 146 Å². The number of nitrogens with one attached hydrogen (secondary N) is 2. The number of urea groups is 1. The molecule has 0 spiro atoms. The molecule has 7 heteroatoms. The van der Waals surface area contributed by atoms with E-state index in [-0.39, 0.29) is 12.5 Å². The van der Waals surface area contributed by atoms with E-state index in [1.165, 1.54) is 13.3 Å². The Bertz CT molecular complexity index is 553. The van der Waals surface area contributed by atoms with Crippen LogP contribution in [0.1, 0.15) is 51.0 Å². The second kappa shape index (κ2) is 9.42. The summed E-state index contributed by atoms with van der Waals surface area (Å²) in [5.41, 5.74) is 1.07. The van der Waals surface area contributed by atoms with Gasteiger partial charge in [-0.2, -0.15) is 11.3 Å². The number of carbonyl (C=O) groups excluding carboxylic acids is 3. The van der Waals surface area contributed by atoms with Gasteiger partial charge >= 0.3 is 12.0 Å². The van der Waals surface area contributed by atoms with E-state index in [9.17, 15) is 14.4 Å². The fraction of sp³-hybridized carbons (Fsp3) is 0.588. The Morgan fingerprint density at radius 2 is 2.04 bits per heavy atom. The minimum absolute atomic E-state index is 0.120. The third kappa shape index (κ3) is 6.31. The monoisotopic (exact) mass is 352 g/mol. The summed E-state index contributed by atoms with van der Waals surface area (Å²) in [4.78, 5) is 35.5. The molecule has 1 saturated carbocycles. The molecule has 1 heterocycles. The van der Waals surface area contributed by atoms with Crippen LogP contribution >= 0.6 is 11.3 Å². The Morgan fingerprint density at radius 1 is 1.29 bits per heavy atom. The Morgan fingerprint density at radius 3 is 2.71 bits per heavy atom. The van der Waals surface area contributed by atoms with Crippen LogP contribution in [0.2, 0.25) is 0 Å². The zero-order valence-electron chi connectivity index (χ0n) is 13.9. The van der Waals surface area contributed by atoms with E-state index in [1.807, 2.05) is 16.8 Å². The first-order valence-corrected chi connectivity index (χ1v) is 9.31. The zero-order valence-corrected chi connectivity index (χ0v) is 14.7. The van der Waals surface area contributed by atoms with Gasteiger partial charge in [0.25, 0.3) is 5.91 Å². The van der Waals surface area contributed by atoms with Crippen molar-refractivity contribution < 1.29 is 19.1 Å². The first-order chi connectivity index (χ1) is 11.5. The third-order valence-corrected chi connectivity index (χ3v) is 4.78. The quantitative estimate of drug-likeness (QED) is 0.771. The van der Waals surface area contributed by atoms with Crippen LogP contribution in [0.4, 0.5) is 4.79 Å². The van der Waals surface area contributed by atoms with Gasteiger partial charge in [0.1, 0.15) is 0 Å². The molecule has 1 aromatic heterocycles. The van der Waals surface area contributed by atoms with Crippen LogP contribution in [0.3, 0.4) is 0 Å². The van der Waals surface area contributed by atoms with Gasteiger partial charge in [-0.05, 0) is 48.6 Å². The van der Waals surface area contributed by atoms with Gasteiger partial charge in [0.15, 0.2) is 6.10 Å². The first-order valence-electron chi connectivity index (χ1n) is 8.36. The first kappa shape index (κ1) is 18.4. The summed E-state index contributed by atoms with van der Waals surface area (Å²) in [6.45, 7) is 1.46. The number of carbonyl (C=O) groups is 3. The van der Waals surface area contributed by atoms with E-state index < -0.39 is 24.0 Å². The van der Waals surface area contributed by atoms with Crippen molar-refractivity contribution in [3.63, 3.8) is 0 Å². The van der Waals surface area contributed by atoms with Gasteiger partial charge in [0.05, 0.1) is 0 Å². The maximum absolute atomic E-state index is 11.9. The highest BCUT2D eigenvalue weighted by atomic mass is 32.1. The number of aryl methyl sites for hydroxylation is 1. The molecule has 0 unspecified atom stereocenters. The maximum Gasteiger partial charge on any atom is 0.321 e. The number of hydrogen-bond donors (Lipinski definition) is 2. The summed E-state index contributed by atoms with van der Waals surface area (Å²) < 4.78 is 5.07. The molecular weight excluding hydrogens is 328 g/mol. The van der Waals surface area contributed by atoms with Gasteiger partial charge < -0.3 is 10.1 Å². The number of thiophene rings is 1. The normalized spacial score (nSPS) is 16.2. The number of amides is 3. The summed E-state index contributed by atoms with van der Waals surface area (Å²) in [5, 5.41) is 8.95. The molecule has 6 nitrogen and oxygen atoms in total. The fourth-order valence-corrected chi connectivity index (χ4v) is 3.38. The molecule has 1 fully saturated rings. The smallest absolute Gasteiger partial charge is 0.321 e. The maximum atomic E-state index is 11.9. The van der Waals surface area contributed by atoms with Gasteiger partial charge in [-0.25, -0.2) is 4.79 Å². The molecule has 2 N–H and O–H groups in total. The van der Waals surface area contributed by atoms with Crippen molar-refractivity contribution in [2.75, 3.05) is 0 Å². The van der Waals surface area contributed by atoms with Crippen LogP contribution in [0.25, 0.3) is 0 Å². The van der Waals surface area contributed by atoms with Crippen LogP contribution < -0.4 is 10.6 Å². The van der Waals surface area contributed by atoms with E-state index in [4.69, 9.17) is 4.74 Å². The van der Waals surface area contributed by atoms with Crippen molar-refractivity contribution in [2.24, 2.45) is 0 Å². The van der Waals surface area contributed by atoms with Gasteiger partial charge in [0, 0.05) is 12.5 Å². The van der Waals surface area contributed by atoms with Crippen molar-refractivity contribution in [3.8, 4) is 0 Å². The Kier molecular flexibility index (Phi) is 7.24. The molecule has 2 rings (SSSR count). The lowest BCUT2D eigenvalue weighted by Crippen LogP contribution is -2.48. The highest BCUT2D eigenvalue weighted by Gasteiger charge is 2.22. The van der Waals surface area contributed by atoms with Gasteiger partial charge in [-0.3, -0.25) is 14.9 Å². The lowest BCUT2D eigenvalue weighted by atomic mass is 9.96. The number of esters is 1. The molecular formula is C17H24N2O4S. The highest BCUT2D eigenvalue weighted by Crippen LogP contribution is 2.17. The molecule has 0 radical (unpaired) electrons. The van der Waals surface area contributed by atoms with Crippen LogP contribution in [-0.4, -0.2) is 30.1 Å². The zero-order chi connectivity index (χ0) is 17.4. The molecule has 1 aliphatic rings.